The summed E-state index contributed by atoms with van der Waals surface area (Å²) in [5.41, 5.74) is 2.08. The molecule has 0 radical (unpaired) electrons. The number of aromatic nitrogens is 1. The zero-order chi connectivity index (χ0) is 15.7. The van der Waals surface area contributed by atoms with Gasteiger partial charge in [-0.1, -0.05) is 26.8 Å². The van der Waals surface area contributed by atoms with E-state index in [2.05, 4.69) is 32.2 Å². The molecule has 1 N–H and O–H groups in total. The lowest BCUT2D eigenvalue weighted by atomic mass is 9.90. The van der Waals surface area contributed by atoms with Crippen LogP contribution in [-0.2, 0) is 23.2 Å². The molecule has 0 bridgehead atoms. The minimum atomic E-state index is -0.0415. The van der Waals surface area contributed by atoms with E-state index in [0.29, 0.717) is 19.1 Å². The van der Waals surface area contributed by atoms with E-state index in [1.54, 1.807) is 0 Å². The van der Waals surface area contributed by atoms with Crippen LogP contribution in [0.3, 0.4) is 0 Å². The van der Waals surface area contributed by atoms with Crippen LogP contribution in [0.2, 0.25) is 0 Å². The molecule has 1 unspecified atom stereocenters. The normalized spacial score (nSPS) is 22.2. The van der Waals surface area contributed by atoms with Gasteiger partial charge in [-0.2, -0.15) is 0 Å². The van der Waals surface area contributed by atoms with Gasteiger partial charge in [-0.15, -0.1) is 0 Å². The summed E-state index contributed by atoms with van der Waals surface area (Å²) in [7, 11) is 0. The molecule has 1 saturated heterocycles. The highest BCUT2D eigenvalue weighted by Gasteiger charge is 2.25. The first-order valence-corrected chi connectivity index (χ1v) is 8.53. The average Bonchev–Trinajstić information content (AvgIpc) is 3.14. The highest BCUT2D eigenvalue weighted by atomic mass is 16.5. The fraction of sp³-hybridized carbons (Fsp3) is 0.722. The Morgan fingerprint density at radius 1 is 1.27 bits per heavy atom. The molecule has 1 aromatic heterocycles. The lowest BCUT2D eigenvalue weighted by molar-refractivity contribution is 0.0946. The maximum absolute atomic E-state index is 12.9. The second-order valence-corrected chi connectivity index (χ2v) is 7.70. The van der Waals surface area contributed by atoms with Gasteiger partial charge in [-0.25, -0.2) is 0 Å². The molecule has 0 amide bonds. The van der Waals surface area contributed by atoms with Gasteiger partial charge in [0.1, 0.15) is 0 Å². The molecule has 1 saturated carbocycles. The van der Waals surface area contributed by atoms with Crippen molar-refractivity contribution < 1.29 is 4.74 Å². The molecule has 22 heavy (non-hydrogen) atoms. The molecule has 1 aliphatic heterocycles. The lowest BCUT2D eigenvalue weighted by Crippen LogP contribution is -2.36. The molecule has 3 rings (SSSR count). The van der Waals surface area contributed by atoms with Crippen molar-refractivity contribution in [3.8, 4) is 0 Å². The van der Waals surface area contributed by atoms with Crippen molar-refractivity contribution in [2.75, 3.05) is 6.61 Å². The van der Waals surface area contributed by atoms with Gasteiger partial charge in [-0.3, -0.25) is 4.79 Å². The highest BCUT2D eigenvalue weighted by molar-refractivity contribution is 5.22. The first-order chi connectivity index (χ1) is 10.4. The molecule has 4 heteroatoms. The Balaban J connectivity index is 1.89. The van der Waals surface area contributed by atoms with E-state index in [9.17, 15) is 4.79 Å². The summed E-state index contributed by atoms with van der Waals surface area (Å²) in [6.45, 7) is 8.68. The van der Waals surface area contributed by atoms with Crippen molar-refractivity contribution in [1.29, 1.82) is 0 Å². The van der Waals surface area contributed by atoms with Gasteiger partial charge in [-0.05, 0) is 31.7 Å². The molecule has 0 spiro atoms. The van der Waals surface area contributed by atoms with Crippen molar-refractivity contribution in [3.63, 3.8) is 0 Å². The quantitative estimate of drug-likeness (QED) is 0.909. The van der Waals surface area contributed by atoms with Crippen molar-refractivity contribution in [2.24, 2.45) is 0 Å². The third-order valence-corrected chi connectivity index (χ3v) is 4.59. The number of hydrogen-bond donors (Lipinski definition) is 1. The van der Waals surface area contributed by atoms with E-state index in [1.807, 2.05) is 10.6 Å². The van der Waals surface area contributed by atoms with Crippen LogP contribution in [0.5, 0.6) is 0 Å². The molecular weight excluding hydrogens is 276 g/mol. The average molecular weight is 304 g/mol. The largest absolute Gasteiger partial charge is 0.376 e. The number of rotatable bonds is 5. The molecule has 1 aromatic rings. The van der Waals surface area contributed by atoms with Crippen LogP contribution in [0.15, 0.2) is 16.9 Å². The number of pyridine rings is 1. The Morgan fingerprint density at radius 2 is 2.05 bits per heavy atom. The maximum Gasteiger partial charge on any atom is 0.255 e. The molecular formula is C18H28N2O2. The second kappa shape index (κ2) is 6.17. The van der Waals surface area contributed by atoms with Gasteiger partial charge in [0, 0.05) is 35.9 Å². The van der Waals surface area contributed by atoms with Gasteiger partial charge in [0.25, 0.3) is 5.56 Å². The Bertz CT molecular complexity index is 576. The fourth-order valence-corrected chi connectivity index (χ4v) is 3.13. The fourth-order valence-electron chi connectivity index (χ4n) is 3.13. The van der Waals surface area contributed by atoms with Crippen molar-refractivity contribution in [1.82, 2.24) is 9.88 Å². The summed E-state index contributed by atoms with van der Waals surface area (Å²) in [4.78, 5) is 12.9. The van der Waals surface area contributed by atoms with Crippen molar-refractivity contribution in [3.05, 3.63) is 33.7 Å². The predicted octanol–water partition coefficient (Wildman–Crippen LogP) is 2.58. The number of hydrogen-bond acceptors (Lipinski definition) is 3. The SMILES string of the molecule is CC(C)(C)c1ccc(CNC2CC2)c(=O)n1CC1CCCO1. The van der Waals surface area contributed by atoms with Crippen LogP contribution < -0.4 is 10.9 Å². The van der Waals surface area contributed by atoms with Crippen LogP contribution >= 0.6 is 0 Å². The highest BCUT2D eigenvalue weighted by Crippen LogP contribution is 2.24. The molecule has 4 nitrogen and oxygen atoms in total. The number of nitrogens with one attached hydrogen (secondary N) is 1. The van der Waals surface area contributed by atoms with Crippen molar-refractivity contribution in [2.45, 2.75) is 77.1 Å². The van der Waals surface area contributed by atoms with Crippen molar-refractivity contribution >= 4 is 0 Å². The molecule has 2 aliphatic rings. The molecule has 1 aliphatic carbocycles. The standard InChI is InChI=1S/C18H28N2O2/c1-18(2,3)16-9-6-13(11-19-14-7-8-14)17(21)20(16)12-15-5-4-10-22-15/h6,9,14-15,19H,4-5,7-8,10-12H2,1-3H3. The van der Waals surface area contributed by atoms with Crippen LogP contribution in [0, 0.1) is 0 Å². The van der Waals surface area contributed by atoms with Crippen LogP contribution in [0.1, 0.15) is 57.7 Å². The van der Waals surface area contributed by atoms with E-state index in [4.69, 9.17) is 4.74 Å². The first kappa shape index (κ1) is 15.8. The van der Waals surface area contributed by atoms with E-state index >= 15 is 0 Å². The third-order valence-electron chi connectivity index (χ3n) is 4.59. The smallest absolute Gasteiger partial charge is 0.255 e. The monoisotopic (exact) mass is 304 g/mol. The summed E-state index contributed by atoms with van der Waals surface area (Å²) in [5, 5.41) is 3.45. The van der Waals surface area contributed by atoms with Gasteiger partial charge in [0.05, 0.1) is 12.6 Å². The third kappa shape index (κ3) is 3.61. The van der Waals surface area contributed by atoms with Crippen LogP contribution in [0.25, 0.3) is 0 Å². The Kier molecular flexibility index (Phi) is 4.42. The first-order valence-electron chi connectivity index (χ1n) is 8.53. The molecule has 2 heterocycles. The van der Waals surface area contributed by atoms with E-state index in [-0.39, 0.29) is 17.1 Å². The van der Waals surface area contributed by atoms with Gasteiger partial charge in [0.2, 0.25) is 0 Å². The summed E-state index contributed by atoms with van der Waals surface area (Å²) in [6.07, 6.45) is 4.83. The molecule has 122 valence electrons. The van der Waals surface area contributed by atoms with Gasteiger partial charge >= 0.3 is 0 Å². The zero-order valence-electron chi connectivity index (χ0n) is 14.0. The van der Waals surface area contributed by atoms with E-state index in [0.717, 1.165) is 30.7 Å². The summed E-state index contributed by atoms with van der Waals surface area (Å²) in [5.74, 6) is 0. The maximum atomic E-state index is 12.9. The minimum Gasteiger partial charge on any atom is -0.376 e. The Hall–Kier alpha value is -1.13. The zero-order valence-corrected chi connectivity index (χ0v) is 14.0. The topological polar surface area (TPSA) is 43.3 Å². The Labute approximate surface area is 132 Å². The molecule has 1 atom stereocenters. The molecule has 2 fully saturated rings. The Morgan fingerprint density at radius 3 is 2.64 bits per heavy atom. The number of nitrogens with zero attached hydrogens (tertiary/aromatic N) is 1. The van der Waals surface area contributed by atoms with Gasteiger partial charge < -0.3 is 14.6 Å². The van der Waals surface area contributed by atoms with Crippen LogP contribution in [-0.4, -0.2) is 23.3 Å². The summed E-state index contributed by atoms with van der Waals surface area (Å²) >= 11 is 0. The van der Waals surface area contributed by atoms with Crippen LogP contribution in [0.4, 0.5) is 0 Å². The summed E-state index contributed by atoms with van der Waals surface area (Å²) in [6, 6.07) is 4.75. The minimum absolute atomic E-state index is 0.0415. The lowest BCUT2D eigenvalue weighted by Gasteiger charge is -2.26. The molecule has 0 aromatic carbocycles. The van der Waals surface area contributed by atoms with E-state index in [1.165, 1.54) is 12.8 Å². The van der Waals surface area contributed by atoms with Gasteiger partial charge in [0.15, 0.2) is 0 Å². The van der Waals surface area contributed by atoms with E-state index < -0.39 is 0 Å². The predicted molar refractivity (Wildman–Crippen MR) is 88.2 cm³/mol. The number of ether oxygens (including phenoxy) is 1. The second-order valence-electron chi connectivity index (χ2n) is 7.70. The summed E-state index contributed by atoms with van der Waals surface area (Å²) < 4.78 is 7.71.